The van der Waals surface area contributed by atoms with E-state index in [1.807, 2.05) is 0 Å². The number of nitrogen functional groups attached to an aromatic ring is 1. The zero-order chi connectivity index (χ0) is 24.1. The molecule has 1 fully saturated rings. The maximum atomic E-state index is 13.0. The third kappa shape index (κ3) is 4.16. The third-order valence-electron chi connectivity index (χ3n) is 5.22. The molecule has 1 atom stereocenters. The SMILES string of the molecule is CC1CN(S(=O)(=O)c2ccc(N)s2)CCN1c1ccc(C(O)(C(F)(F)F)C(F)(F)F)cc1. The van der Waals surface area contributed by atoms with E-state index in [0.717, 1.165) is 23.5 Å². The average Bonchev–Trinajstić information content (AvgIpc) is 3.13. The van der Waals surface area contributed by atoms with E-state index in [4.69, 9.17) is 5.73 Å². The highest BCUT2D eigenvalue weighted by Crippen LogP contribution is 2.50. The van der Waals surface area contributed by atoms with Gasteiger partial charge in [0.1, 0.15) is 4.21 Å². The molecule has 2 aromatic rings. The molecule has 2 heterocycles. The monoisotopic (exact) mass is 503 g/mol. The standard InChI is InChI=1S/C18H19F6N3O3S2/c1-11-10-26(32(29,30)15-7-6-14(25)31-15)8-9-27(11)13-4-2-12(3-5-13)16(28,17(19,20)21)18(22,23)24/h2-7,11,28H,8-10,25H2,1H3. The number of aliphatic hydroxyl groups is 1. The fraction of sp³-hybridized carbons (Fsp3) is 0.444. The molecule has 0 amide bonds. The van der Waals surface area contributed by atoms with Gasteiger partial charge >= 0.3 is 12.4 Å². The van der Waals surface area contributed by atoms with Crippen molar-refractivity contribution in [2.24, 2.45) is 0 Å². The first-order valence-corrected chi connectivity index (χ1v) is 11.4. The molecule has 0 spiro atoms. The quantitative estimate of drug-likeness (QED) is 0.624. The molecule has 1 aromatic carbocycles. The Morgan fingerprint density at radius 2 is 1.56 bits per heavy atom. The summed E-state index contributed by atoms with van der Waals surface area (Å²) < 4.78 is 105. The number of hydrogen-bond acceptors (Lipinski definition) is 6. The highest BCUT2D eigenvalue weighted by Gasteiger charge is 2.71. The molecule has 0 radical (unpaired) electrons. The normalized spacial score (nSPS) is 19.4. The van der Waals surface area contributed by atoms with Crippen molar-refractivity contribution in [1.29, 1.82) is 0 Å². The molecule has 14 heteroatoms. The van der Waals surface area contributed by atoms with E-state index in [2.05, 4.69) is 0 Å². The molecular weight excluding hydrogens is 484 g/mol. The van der Waals surface area contributed by atoms with Crippen LogP contribution in [0.15, 0.2) is 40.6 Å². The van der Waals surface area contributed by atoms with Gasteiger partial charge in [0.05, 0.1) is 5.00 Å². The largest absolute Gasteiger partial charge is 0.430 e. The number of sulfonamides is 1. The van der Waals surface area contributed by atoms with Gasteiger partial charge in [-0.15, -0.1) is 11.3 Å². The molecule has 1 aliphatic heterocycles. The lowest BCUT2D eigenvalue weighted by atomic mass is 9.92. The topological polar surface area (TPSA) is 86.9 Å². The maximum Gasteiger partial charge on any atom is 0.430 e. The van der Waals surface area contributed by atoms with Crippen molar-refractivity contribution in [2.45, 2.75) is 35.1 Å². The van der Waals surface area contributed by atoms with Gasteiger partial charge in [0.25, 0.3) is 15.6 Å². The van der Waals surface area contributed by atoms with Crippen LogP contribution in [-0.4, -0.2) is 55.9 Å². The zero-order valence-corrected chi connectivity index (χ0v) is 18.1. The van der Waals surface area contributed by atoms with Crippen LogP contribution in [0.2, 0.25) is 0 Å². The van der Waals surface area contributed by atoms with Crippen LogP contribution >= 0.6 is 11.3 Å². The first-order chi connectivity index (χ1) is 14.6. The Bertz CT molecular complexity index is 1050. The minimum absolute atomic E-state index is 0.0525. The molecule has 32 heavy (non-hydrogen) atoms. The summed E-state index contributed by atoms with van der Waals surface area (Å²) in [4.78, 5) is 1.67. The smallest absolute Gasteiger partial charge is 0.391 e. The second-order valence-electron chi connectivity index (χ2n) is 7.32. The molecule has 1 unspecified atom stereocenters. The second-order valence-corrected chi connectivity index (χ2v) is 10.6. The van der Waals surface area contributed by atoms with Crippen LogP contribution in [0.25, 0.3) is 0 Å². The van der Waals surface area contributed by atoms with Crippen molar-refractivity contribution < 1.29 is 39.9 Å². The molecule has 3 rings (SSSR count). The van der Waals surface area contributed by atoms with Gasteiger partial charge in [-0.1, -0.05) is 12.1 Å². The van der Waals surface area contributed by atoms with E-state index < -0.39 is 39.6 Å². The summed E-state index contributed by atoms with van der Waals surface area (Å²) in [7, 11) is -3.78. The number of nitrogens with two attached hydrogens (primary N) is 1. The van der Waals surface area contributed by atoms with E-state index >= 15 is 0 Å². The number of thiophene rings is 1. The van der Waals surface area contributed by atoms with Crippen LogP contribution in [0.5, 0.6) is 0 Å². The molecule has 1 aromatic heterocycles. The van der Waals surface area contributed by atoms with Gasteiger partial charge in [-0.2, -0.15) is 30.6 Å². The fourth-order valence-electron chi connectivity index (χ4n) is 3.51. The Morgan fingerprint density at radius 3 is 2.00 bits per heavy atom. The number of halogens is 6. The van der Waals surface area contributed by atoms with Gasteiger partial charge in [-0.25, -0.2) is 8.42 Å². The van der Waals surface area contributed by atoms with Crippen molar-refractivity contribution in [3.8, 4) is 0 Å². The molecule has 0 bridgehead atoms. The minimum atomic E-state index is -5.97. The predicted molar refractivity (Wildman–Crippen MR) is 107 cm³/mol. The van der Waals surface area contributed by atoms with E-state index in [1.165, 1.54) is 16.4 Å². The van der Waals surface area contributed by atoms with E-state index in [1.54, 1.807) is 11.8 Å². The summed E-state index contributed by atoms with van der Waals surface area (Å²) in [6.45, 7) is 1.95. The van der Waals surface area contributed by atoms with Crippen LogP contribution in [0.4, 0.5) is 37.0 Å². The van der Waals surface area contributed by atoms with Crippen LogP contribution in [-0.2, 0) is 15.6 Å². The zero-order valence-electron chi connectivity index (χ0n) is 16.5. The predicted octanol–water partition coefficient (Wildman–Crippen LogP) is 3.54. The van der Waals surface area contributed by atoms with Crippen molar-refractivity contribution in [3.63, 3.8) is 0 Å². The van der Waals surface area contributed by atoms with Gasteiger partial charge in [0.15, 0.2) is 0 Å². The van der Waals surface area contributed by atoms with Crippen LogP contribution in [0.3, 0.4) is 0 Å². The molecule has 178 valence electrons. The number of alkyl halides is 6. The number of hydrogen-bond donors (Lipinski definition) is 2. The summed E-state index contributed by atoms with van der Waals surface area (Å²) in [5, 5.41) is 9.84. The summed E-state index contributed by atoms with van der Waals surface area (Å²) in [6.07, 6.45) is -11.9. The third-order valence-corrected chi connectivity index (χ3v) is 8.47. The number of benzene rings is 1. The van der Waals surface area contributed by atoms with Crippen LogP contribution in [0, 0.1) is 0 Å². The molecule has 3 N–H and O–H groups in total. The Hall–Kier alpha value is -2.03. The lowest BCUT2D eigenvalue weighted by Gasteiger charge is -2.40. The first-order valence-electron chi connectivity index (χ1n) is 9.17. The molecule has 0 saturated carbocycles. The molecule has 1 saturated heterocycles. The Morgan fingerprint density at radius 1 is 1.00 bits per heavy atom. The van der Waals surface area contributed by atoms with E-state index in [-0.39, 0.29) is 23.8 Å². The minimum Gasteiger partial charge on any atom is -0.391 e. The highest BCUT2D eigenvalue weighted by molar-refractivity contribution is 7.91. The Labute approximate surface area is 183 Å². The first kappa shape index (κ1) is 24.6. The Balaban J connectivity index is 1.81. The molecule has 1 aliphatic rings. The van der Waals surface area contributed by atoms with Gasteiger partial charge in [0.2, 0.25) is 0 Å². The number of nitrogens with zero attached hydrogens (tertiary/aromatic N) is 2. The Kier molecular flexibility index (Phi) is 6.21. The van der Waals surface area contributed by atoms with E-state index in [0.29, 0.717) is 22.8 Å². The lowest BCUT2D eigenvalue weighted by Crippen LogP contribution is -2.54. The van der Waals surface area contributed by atoms with Gasteiger partial charge in [-0.3, -0.25) is 0 Å². The second kappa shape index (κ2) is 8.08. The number of anilines is 2. The number of rotatable bonds is 4. The fourth-order valence-corrected chi connectivity index (χ4v) is 6.27. The molecule has 6 nitrogen and oxygen atoms in total. The van der Waals surface area contributed by atoms with Gasteiger partial charge in [-0.05, 0) is 31.2 Å². The summed E-state index contributed by atoms with van der Waals surface area (Å²) in [5.74, 6) is 0. The summed E-state index contributed by atoms with van der Waals surface area (Å²) in [5.41, 5.74) is -0.465. The maximum absolute atomic E-state index is 13.0. The molecule has 0 aliphatic carbocycles. The molecular formula is C18H19F6N3O3S2. The summed E-state index contributed by atoms with van der Waals surface area (Å²) >= 11 is 0.922. The van der Waals surface area contributed by atoms with Crippen LogP contribution in [0.1, 0.15) is 12.5 Å². The highest BCUT2D eigenvalue weighted by atomic mass is 32.2. The van der Waals surface area contributed by atoms with E-state index in [9.17, 15) is 39.9 Å². The van der Waals surface area contributed by atoms with Crippen molar-refractivity contribution in [2.75, 3.05) is 30.3 Å². The lowest BCUT2D eigenvalue weighted by molar-refractivity contribution is -0.376. The van der Waals surface area contributed by atoms with Crippen molar-refractivity contribution in [3.05, 3.63) is 42.0 Å². The van der Waals surface area contributed by atoms with Crippen molar-refractivity contribution >= 4 is 32.0 Å². The van der Waals surface area contributed by atoms with Gasteiger partial charge in [0, 0.05) is 36.9 Å². The average molecular weight is 503 g/mol. The van der Waals surface area contributed by atoms with Crippen molar-refractivity contribution in [1.82, 2.24) is 4.31 Å². The van der Waals surface area contributed by atoms with Crippen LogP contribution < -0.4 is 10.6 Å². The van der Waals surface area contributed by atoms with Gasteiger partial charge < -0.3 is 15.7 Å². The summed E-state index contributed by atoms with van der Waals surface area (Å²) in [6, 6.07) is 5.67. The number of piperazine rings is 1.